The fourth-order valence-electron chi connectivity index (χ4n) is 0.717. The molecular formula is C8H13ClF3NO. The van der Waals surface area contributed by atoms with E-state index in [-0.39, 0.29) is 5.88 Å². The predicted octanol–water partition coefficient (Wildman–Crippen LogP) is 2.41. The highest BCUT2D eigenvalue weighted by Gasteiger charge is 2.36. The average Bonchev–Trinajstić information content (AvgIpc) is 2.00. The molecule has 0 spiro atoms. The van der Waals surface area contributed by atoms with Gasteiger partial charge in [-0.05, 0) is 13.8 Å². The van der Waals surface area contributed by atoms with Gasteiger partial charge in [0.25, 0.3) is 0 Å². The Bertz CT molecular complexity index is 215. The third-order valence-electron chi connectivity index (χ3n) is 1.96. The number of nitrogens with zero attached hydrogens (tertiary/aromatic N) is 1. The van der Waals surface area contributed by atoms with Gasteiger partial charge in [0, 0.05) is 12.9 Å². The van der Waals surface area contributed by atoms with E-state index in [0.717, 1.165) is 4.90 Å². The van der Waals surface area contributed by atoms with E-state index in [1.165, 1.54) is 7.05 Å². The highest BCUT2D eigenvalue weighted by molar-refractivity contribution is 6.18. The summed E-state index contributed by atoms with van der Waals surface area (Å²) in [4.78, 5) is 12.1. The Balaban J connectivity index is 4.41. The van der Waals surface area contributed by atoms with E-state index < -0.39 is 24.0 Å². The van der Waals surface area contributed by atoms with E-state index in [0.29, 0.717) is 0 Å². The third-order valence-corrected chi connectivity index (χ3v) is 2.61. The fraction of sp³-hybridized carbons (Fsp3) is 0.875. The SMILES string of the molecule is CN(C(=O)CC(F)(F)F)C(C)(C)CCl. The Morgan fingerprint density at radius 3 is 2.07 bits per heavy atom. The number of carbonyl (C=O) groups is 1. The zero-order valence-corrected chi connectivity index (χ0v) is 9.04. The molecule has 0 saturated carbocycles. The minimum Gasteiger partial charge on any atom is -0.339 e. The van der Waals surface area contributed by atoms with Crippen LogP contribution in [0, 0.1) is 0 Å². The van der Waals surface area contributed by atoms with Crippen molar-refractivity contribution in [3.05, 3.63) is 0 Å². The molecule has 0 aromatic rings. The molecule has 0 fully saturated rings. The van der Waals surface area contributed by atoms with Crippen molar-refractivity contribution >= 4 is 17.5 Å². The van der Waals surface area contributed by atoms with E-state index in [4.69, 9.17) is 11.6 Å². The molecule has 1 amide bonds. The maximum absolute atomic E-state index is 11.9. The maximum atomic E-state index is 11.9. The first-order valence-electron chi connectivity index (χ1n) is 3.99. The van der Waals surface area contributed by atoms with Crippen molar-refractivity contribution in [1.29, 1.82) is 0 Å². The number of hydrogen-bond acceptors (Lipinski definition) is 1. The molecule has 0 aromatic heterocycles. The first-order valence-corrected chi connectivity index (χ1v) is 4.53. The lowest BCUT2D eigenvalue weighted by molar-refractivity contribution is -0.163. The van der Waals surface area contributed by atoms with Crippen LogP contribution in [0.4, 0.5) is 13.2 Å². The molecule has 0 rings (SSSR count). The lowest BCUT2D eigenvalue weighted by Crippen LogP contribution is -2.47. The van der Waals surface area contributed by atoms with Gasteiger partial charge in [-0.3, -0.25) is 4.79 Å². The van der Waals surface area contributed by atoms with Crippen LogP contribution in [-0.2, 0) is 4.79 Å². The molecule has 0 heterocycles. The van der Waals surface area contributed by atoms with Gasteiger partial charge in [0.05, 0.1) is 5.54 Å². The van der Waals surface area contributed by atoms with Crippen molar-refractivity contribution in [2.24, 2.45) is 0 Å². The molecule has 0 aromatic carbocycles. The third kappa shape index (κ3) is 4.17. The van der Waals surface area contributed by atoms with E-state index in [1.807, 2.05) is 0 Å². The predicted molar refractivity (Wildman–Crippen MR) is 48.2 cm³/mol. The van der Waals surface area contributed by atoms with Crippen molar-refractivity contribution in [3.63, 3.8) is 0 Å². The number of carbonyl (C=O) groups excluding carboxylic acids is 1. The molecule has 0 aliphatic carbocycles. The fourth-order valence-corrected chi connectivity index (χ4v) is 0.897. The summed E-state index contributed by atoms with van der Waals surface area (Å²) in [6.07, 6.45) is -5.91. The Morgan fingerprint density at radius 1 is 1.36 bits per heavy atom. The van der Waals surface area contributed by atoms with Crippen molar-refractivity contribution in [1.82, 2.24) is 4.90 Å². The zero-order chi connectivity index (χ0) is 11.6. The number of rotatable bonds is 3. The lowest BCUT2D eigenvalue weighted by atomic mass is 10.1. The molecular weight excluding hydrogens is 219 g/mol. The molecule has 0 saturated heterocycles. The van der Waals surface area contributed by atoms with Gasteiger partial charge in [-0.1, -0.05) is 0 Å². The van der Waals surface area contributed by atoms with Crippen LogP contribution in [0.2, 0.25) is 0 Å². The highest BCUT2D eigenvalue weighted by Crippen LogP contribution is 2.23. The lowest BCUT2D eigenvalue weighted by Gasteiger charge is -2.34. The first-order chi connectivity index (χ1) is 6.10. The summed E-state index contributed by atoms with van der Waals surface area (Å²) < 4.78 is 35.6. The maximum Gasteiger partial charge on any atom is 0.397 e. The van der Waals surface area contributed by atoms with Crippen molar-refractivity contribution in [3.8, 4) is 0 Å². The molecule has 0 atom stereocenters. The summed E-state index contributed by atoms with van der Waals surface area (Å²) in [6, 6.07) is 0. The monoisotopic (exact) mass is 231 g/mol. The van der Waals surface area contributed by atoms with Crippen LogP contribution in [0.5, 0.6) is 0 Å². The quantitative estimate of drug-likeness (QED) is 0.683. The van der Waals surface area contributed by atoms with Gasteiger partial charge in [0.1, 0.15) is 6.42 Å². The standard InChI is InChI=1S/C8H13ClF3NO/c1-7(2,5-9)13(3)6(14)4-8(10,11)12/h4-5H2,1-3H3. The molecule has 0 bridgehead atoms. The van der Waals surface area contributed by atoms with Gasteiger partial charge in [-0.25, -0.2) is 0 Å². The molecule has 14 heavy (non-hydrogen) atoms. The number of hydrogen-bond donors (Lipinski definition) is 0. The molecule has 0 aliphatic rings. The number of amides is 1. The van der Waals surface area contributed by atoms with Crippen molar-refractivity contribution in [2.75, 3.05) is 12.9 Å². The summed E-state index contributed by atoms with van der Waals surface area (Å²) in [5.41, 5.74) is -0.760. The topological polar surface area (TPSA) is 20.3 Å². The summed E-state index contributed by atoms with van der Waals surface area (Å²) in [7, 11) is 1.32. The van der Waals surface area contributed by atoms with Crippen LogP contribution in [-0.4, -0.2) is 35.4 Å². The van der Waals surface area contributed by atoms with Gasteiger partial charge in [-0.15, -0.1) is 11.6 Å². The number of alkyl halides is 4. The second-order valence-electron chi connectivity index (χ2n) is 3.69. The van der Waals surface area contributed by atoms with Gasteiger partial charge >= 0.3 is 6.18 Å². The number of halogens is 4. The van der Waals surface area contributed by atoms with Gasteiger partial charge < -0.3 is 4.90 Å². The first kappa shape index (κ1) is 13.6. The Hall–Kier alpha value is -0.450. The van der Waals surface area contributed by atoms with Crippen LogP contribution >= 0.6 is 11.6 Å². The van der Waals surface area contributed by atoms with Crippen LogP contribution in [0.15, 0.2) is 0 Å². The highest BCUT2D eigenvalue weighted by atomic mass is 35.5. The summed E-state index contributed by atoms with van der Waals surface area (Å²) in [5.74, 6) is -0.879. The van der Waals surface area contributed by atoms with Crippen LogP contribution in [0.3, 0.4) is 0 Å². The van der Waals surface area contributed by atoms with Gasteiger partial charge in [0.2, 0.25) is 5.91 Å². The largest absolute Gasteiger partial charge is 0.397 e. The van der Waals surface area contributed by atoms with Gasteiger partial charge in [-0.2, -0.15) is 13.2 Å². The van der Waals surface area contributed by atoms with E-state index in [1.54, 1.807) is 13.8 Å². The summed E-state index contributed by atoms with van der Waals surface area (Å²) in [5, 5.41) is 0. The molecule has 0 aliphatic heterocycles. The Morgan fingerprint density at radius 2 is 1.79 bits per heavy atom. The molecule has 6 heteroatoms. The smallest absolute Gasteiger partial charge is 0.339 e. The Kier molecular flexibility index (Phi) is 4.24. The summed E-state index contributed by atoms with van der Waals surface area (Å²) in [6.45, 7) is 3.21. The second kappa shape index (κ2) is 4.38. The minimum absolute atomic E-state index is 0.0904. The molecule has 0 N–H and O–H groups in total. The van der Waals surface area contributed by atoms with Crippen molar-refractivity contribution < 1.29 is 18.0 Å². The minimum atomic E-state index is -4.46. The normalized spacial score (nSPS) is 12.8. The molecule has 0 unspecified atom stereocenters. The van der Waals surface area contributed by atoms with Gasteiger partial charge in [0.15, 0.2) is 0 Å². The van der Waals surface area contributed by atoms with Crippen LogP contribution < -0.4 is 0 Å². The van der Waals surface area contributed by atoms with E-state index in [2.05, 4.69) is 0 Å². The second-order valence-corrected chi connectivity index (χ2v) is 3.96. The summed E-state index contributed by atoms with van der Waals surface area (Å²) >= 11 is 5.53. The van der Waals surface area contributed by atoms with E-state index in [9.17, 15) is 18.0 Å². The van der Waals surface area contributed by atoms with Crippen molar-refractivity contribution in [2.45, 2.75) is 32.0 Å². The van der Waals surface area contributed by atoms with E-state index >= 15 is 0 Å². The molecule has 2 nitrogen and oxygen atoms in total. The molecule has 0 radical (unpaired) electrons. The molecule has 84 valence electrons. The van der Waals surface area contributed by atoms with Crippen LogP contribution in [0.25, 0.3) is 0 Å². The average molecular weight is 232 g/mol. The van der Waals surface area contributed by atoms with Crippen LogP contribution in [0.1, 0.15) is 20.3 Å². The zero-order valence-electron chi connectivity index (χ0n) is 8.28. The Labute approximate surface area is 86.0 Å².